The van der Waals surface area contributed by atoms with Crippen LogP contribution in [0.1, 0.15) is 12.0 Å². The summed E-state index contributed by atoms with van der Waals surface area (Å²) >= 11 is 0. The number of nitrogens with one attached hydrogen (secondary N) is 1. The Hall–Kier alpha value is -5.04. The molecule has 232 valence electrons. The summed E-state index contributed by atoms with van der Waals surface area (Å²) in [6.45, 7) is 4.51. The second kappa shape index (κ2) is 12.2. The molecule has 2 aliphatic heterocycles. The van der Waals surface area contributed by atoms with Gasteiger partial charge in [0.25, 0.3) is 0 Å². The van der Waals surface area contributed by atoms with Crippen molar-refractivity contribution in [3.05, 3.63) is 113 Å². The van der Waals surface area contributed by atoms with Gasteiger partial charge < -0.3 is 19.3 Å². The first-order valence-corrected chi connectivity index (χ1v) is 14.8. The molecule has 0 bridgehead atoms. The zero-order chi connectivity index (χ0) is 30.8. The van der Waals surface area contributed by atoms with E-state index >= 15 is 0 Å². The second-order valence-corrected chi connectivity index (χ2v) is 11.4. The van der Waals surface area contributed by atoms with Gasteiger partial charge in [-0.3, -0.25) is 0 Å². The third kappa shape index (κ3) is 6.03. The Morgan fingerprint density at radius 1 is 0.911 bits per heavy atom. The van der Waals surface area contributed by atoms with Crippen LogP contribution in [0.5, 0.6) is 5.75 Å². The van der Waals surface area contributed by atoms with Crippen molar-refractivity contribution in [2.75, 3.05) is 49.2 Å². The molecule has 7 rings (SSSR count). The number of hydrogen-bond donors (Lipinski definition) is 1. The first-order valence-electron chi connectivity index (χ1n) is 14.8. The second-order valence-electron chi connectivity index (χ2n) is 11.4. The van der Waals surface area contributed by atoms with Crippen molar-refractivity contribution in [1.29, 1.82) is 0 Å². The topological polar surface area (TPSA) is 106 Å². The molecule has 2 aliphatic rings. The van der Waals surface area contributed by atoms with E-state index in [-0.39, 0.29) is 18.2 Å². The highest BCUT2D eigenvalue weighted by molar-refractivity contribution is 5.54. The highest BCUT2D eigenvalue weighted by Gasteiger charge is 2.44. The van der Waals surface area contributed by atoms with E-state index in [9.17, 15) is 13.6 Å². The Kier molecular flexibility index (Phi) is 7.76. The van der Waals surface area contributed by atoms with Gasteiger partial charge in [-0.25, -0.2) is 32.9 Å². The number of halogens is 2. The van der Waals surface area contributed by atoms with Crippen molar-refractivity contribution in [3.8, 4) is 11.4 Å². The van der Waals surface area contributed by atoms with Crippen LogP contribution in [-0.2, 0) is 16.9 Å². The molecule has 2 saturated heterocycles. The molecular weight excluding hydrogens is 582 g/mol. The summed E-state index contributed by atoms with van der Waals surface area (Å²) in [6, 6.07) is 19.6. The van der Waals surface area contributed by atoms with Crippen LogP contribution in [0.4, 0.5) is 20.2 Å². The predicted octanol–water partition coefficient (Wildman–Crippen LogP) is 3.77. The molecule has 2 atom stereocenters. The van der Waals surface area contributed by atoms with Gasteiger partial charge in [0.2, 0.25) is 0 Å². The number of rotatable bonds is 9. The van der Waals surface area contributed by atoms with Crippen LogP contribution in [0.15, 0.2) is 90.5 Å². The minimum atomic E-state index is -1.01. The van der Waals surface area contributed by atoms with Gasteiger partial charge in [0, 0.05) is 55.1 Å². The molecule has 5 aromatic rings. The molecule has 2 unspecified atom stereocenters. The molecular formula is C32H32F2N8O3. The van der Waals surface area contributed by atoms with Gasteiger partial charge in [0.15, 0.2) is 0 Å². The fourth-order valence-electron chi connectivity index (χ4n) is 6.23. The van der Waals surface area contributed by atoms with Crippen molar-refractivity contribution < 1.29 is 18.3 Å². The zero-order valence-electron chi connectivity index (χ0n) is 24.4. The maximum atomic E-state index is 14.9. The van der Waals surface area contributed by atoms with E-state index in [4.69, 9.17) is 9.47 Å². The van der Waals surface area contributed by atoms with Gasteiger partial charge in [-0.05, 0) is 61.0 Å². The Bertz CT molecular complexity index is 1780. The monoisotopic (exact) mass is 614 g/mol. The number of nitrogens with zero attached hydrogens (tertiary/aromatic N) is 7. The Morgan fingerprint density at radius 3 is 2.22 bits per heavy atom. The van der Waals surface area contributed by atoms with Crippen molar-refractivity contribution in [2.45, 2.75) is 18.6 Å². The molecule has 0 saturated carbocycles. The third-order valence-corrected chi connectivity index (χ3v) is 8.53. The van der Waals surface area contributed by atoms with E-state index in [0.29, 0.717) is 25.2 Å². The van der Waals surface area contributed by atoms with Gasteiger partial charge >= 0.3 is 5.69 Å². The van der Waals surface area contributed by atoms with Crippen LogP contribution < -0.4 is 20.2 Å². The van der Waals surface area contributed by atoms with E-state index in [0.717, 1.165) is 55.1 Å². The molecule has 0 aliphatic carbocycles. The van der Waals surface area contributed by atoms with Crippen LogP contribution in [-0.4, -0.2) is 68.9 Å². The molecule has 2 aromatic heterocycles. The summed E-state index contributed by atoms with van der Waals surface area (Å²) in [7, 11) is 0. The average Bonchev–Trinajstić information content (AvgIpc) is 3.83. The first-order chi connectivity index (χ1) is 22.0. The van der Waals surface area contributed by atoms with Crippen LogP contribution in [0.3, 0.4) is 0 Å². The summed E-state index contributed by atoms with van der Waals surface area (Å²) in [4.78, 5) is 20.5. The van der Waals surface area contributed by atoms with Crippen LogP contribution in [0.2, 0.25) is 0 Å². The smallest absolute Gasteiger partial charge is 0.347 e. The number of aromatic amines is 1. The Morgan fingerprint density at radius 2 is 1.60 bits per heavy atom. The molecule has 0 amide bonds. The van der Waals surface area contributed by atoms with E-state index in [1.807, 2.05) is 36.4 Å². The molecule has 2 fully saturated rings. The van der Waals surface area contributed by atoms with Crippen LogP contribution >= 0.6 is 0 Å². The number of benzene rings is 3. The normalized spacial score (nSPS) is 20.1. The molecule has 45 heavy (non-hydrogen) atoms. The largest absolute Gasteiger partial charge is 0.493 e. The standard InChI is InChI=1S/C32H32F2N8O3/c33-24-1-10-29(30(34)15-24)32(19-41-21-35-20-37-41)16-23(18-45-32)17-44-28-8-6-26(7-9-28)40-13-11-39(12-14-40)25-2-4-27(5-3-25)42-22-36-38-31(42)43/h1-10,15,20-23H,11-14,16-19H2,(H,38,43). The lowest BCUT2D eigenvalue weighted by Crippen LogP contribution is -2.46. The number of hydrogen-bond acceptors (Lipinski definition) is 8. The minimum Gasteiger partial charge on any atom is -0.493 e. The van der Waals surface area contributed by atoms with Gasteiger partial charge in [-0.15, -0.1) is 0 Å². The quantitative estimate of drug-likeness (QED) is 0.268. The highest BCUT2D eigenvalue weighted by atomic mass is 19.1. The van der Waals surface area contributed by atoms with Crippen LogP contribution in [0, 0.1) is 17.6 Å². The van der Waals surface area contributed by atoms with Crippen molar-refractivity contribution in [2.24, 2.45) is 5.92 Å². The van der Waals surface area contributed by atoms with E-state index < -0.39 is 17.2 Å². The van der Waals surface area contributed by atoms with E-state index in [1.165, 1.54) is 29.4 Å². The SMILES string of the molecule is O=c1[nH]ncn1-c1ccc(N2CCN(c3ccc(OCC4COC(Cn5cncn5)(c5ccc(F)cc5F)C4)cc3)CC2)cc1. The fourth-order valence-corrected chi connectivity index (χ4v) is 6.23. The summed E-state index contributed by atoms with van der Waals surface area (Å²) in [5.74, 6) is -0.530. The Labute approximate surface area is 257 Å². The molecule has 4 heterocycles. The summed E-state index contributed by atoms with van der Waals surface area (Å²) in [5, 5.41) is 10.4. The van der Waals surface area contributed by atoms with Gasteiger partial charge in [-0.2, -0.15) is 10.2 Å². The van der Waals surface area contributed by atoms with Crippen molar-refractivity contribution in [3.63, 3.8) is 0 Å². The van der Waals surface area contributed by atoms with Gasteiger partial charge in [-0.1, -0.05) is 6.07 Å². The molecule has 0 radical (unpaired) electrons. The van der Waals surface area contributed by atoms with E-state index in [1.54, 1.807) is 11.0 Å². The molecule has 13 heteroatoms. The van der Waals surface area contributed by atoms with Crippen molar-refractivity contribution in [1.82, 2.24) is 29.5 Å². The van der Waals surface area contributed by atoms with Gasteiger partial charge in [0.1, 0.15) is 42.0 Å². The average molecular weight is 615 g/mol. The predicted molar refractivity (Wildman–Crippen MR) is 163 cm³/mol. The first kappa shape index (κ1) is 28.7. The summed E-state index contributed by atoms with van der Waals surface area (Å²) < 4.78 is 44.0. The molecule has 0 spiro atoms. The number of ether oxygens (including phenoxy) is 2. The molecule has 11 nitrogen and oxygen atoms in total. The highest BCUT2D eigenvalue weighted by Crippen LogP contribution is 2.42. The van der Waals surface area contributed by atoms with Gasteiger partial charge in [0.05, 0.1) is 25.4 Å². The van der Waals surface area contributed by atoms with Crippen molar-refractivity contribution >= 4 is 11.4 Å². The lowest BCUT2D eigenvalue weighted by atomic mass is 9.87. The number of aromatic nitrogens is 6. The molecule has 3 aromatic carbocycles. The zero-order valence-corrected chi connectivity index (χ0v) is 24.4. The number of H-pyrrole nitrogens is 1. The number of piperazine rings is 1. The summed E-state index contributed by atoms with van der Waals surface area (Å²) in [5.41, 5.74) is 2.04. The maximum Gasteiger partial charge on any atom is 0.347 e. The van der Waals surface area contributed by atoms with E-state index in [2.05, 4.69) is 42.2 Å². The van der Waals surface area contributed by atoms with Crippen LogP contribution in [0.25, 0.3) is 5.69 Å². The third-order valence-electron chi connectivity index (χ3n) is 8.53. The molecule has 1 N–H and O–H groups in total. The summed E-state index contributed by atoms with van der Waals surface area (Å²) in [6.07, 6.45) is 4.94. The fraction of sp³-hybridized carbons (Fsp3) is 0.312. The number of anilines is 2. The maximum absolute atomic E-state index is 14.9. The lowest BCUT2D eigenvalue weighted by Gasteiger charge is -2.37. The Balaban J connectivity index is 0.936. The minimum absolute atomic E-state index is 0.000400. The lowest BCUT2D eigenvalue weighted by molar-refractivity contribution is -0.0206.